The Hall–Kier alpha value is -0.833. The number of hydrogen-bond acceptors (Lipinski definition) is 1. The van der Waals surface area contributed by atoms with Gasteiger partial charge in [-0.05, 0) is 61.1 Å². The maximum atomic E-state index is 12.1. The van der Waals surface area contributed by atoms with Gasteiger partial charge in [0, 0.05) is 8.80 Å². The molecule has 1 nitrogen and oxygen atoms in total. The highest BCUT2D eigenvalue weighted by Gasteiger charge is 2.30. The third-order valence-corrected chi connectivity index (χ3v) is 11.4. The summed E-state index contributed by atoms with van der Waals surface area (Å²) in [7, 11) is -0.307. The Kier molecular flexibility index (Phi) is 10.1. The summed E-state index contributed by atoms with van der Waals surface area (Å²) in [5, 5.41) is 0. The van der Waals surface area contributed by atoms with E-state index in [9.17, 15) is 4.39 Å². The lowest BCUT2D eigenvalue weighted by Gasteiger charge is -2.37. The Morgan fingerprint density at radius 2 is 1.62 bits per heavy atom. The van der Waals surface area contributed by atoms with Crippen LogP contribution in [0.2, 0.25) is 18.1 Å². The summed E-state index contributed by atoms with van der Waals surface area (Å²) in [6, 6.07) is 13.1. The van der Waals surface area contributed by atoms with E-state index in [1.807, 2.05) is 12.1 Å². The van der Waals surface area contributed by atoms with E-state index in [-0.39, 0.29) is 15.4 Å². The number of hydrogen-bond donors (Lipinski definition) is 0. The summed E-state index contributed by atoms with van der Waals surface area (Å²) < 4.78 is 17.5. The Morgan fingerprint density at radius 1 is 0.931 bits per heavy atom. The van der Waals surface area contributed by atoms with Crippen LogP contribution in [0.3, 0.4) is 0 Å². The summed E-state index contributed by atoms with van der Waals surface area (Å²) in [5.41, 5.74) is 1.38. The van der Waals surface area contributed by atoms with E-state index >= 15 is 0 Å². The topological polar surface area (TPSA) is 9.23 Å². The molecule has 0 N–H and O–H groups in total. The van der Waals surface area contributed by atoms with Gasteiger partial charge in [-0.25, -0.2) is 4.39 Å². The Bertz CT molecular complexity index is 544. The molecule has 0 spiro atoms. The third-order valence-electron chi connectivity index (χ3n) is 7.74. The Labute approximate surface area is 180 Å². The monoisotopic (exact) mass is 418 g/mol. The fraction of sp³-hybridized carbons (Fsp3) is 0.769. The maximum Gasteiger partial charge on any atom is 0.123 e. The fourth-order valence-corrected chi connectivity index (χ4v) is 9.46. The molecule has 3 heteroatoms. The highest BCUT2D eigenvalue weighted by atomic mass is 28.3. The molecule has 0 atom stereocenters. The molecule has 1 saturated heterocycles. The van der Waals surface area contributed by atoms with Crippen LogP contribution in [0.25, 0.3) is 0 Å². The predicted octanol–water partition coefficient (Wildman–Crippen LogP) is 7.60. The van der Waals surface area contributed by atoms with Gasteiger partial charge in [0.15, 0.2) is 0 Å². The van der Waals surface area contributed by atoms with E-state index in [1.54, 1.807) is 31.0 Å². The summed E-state index contributed by atoms with van der Waals surface area (Å²) in [6.07, 6.45) is 15.9. The molecule has 1 aromatic carbocycles. The van der Waals surface area contributed by atoms with E-state index in [4.69, 9.17) is 4.74 Å². The number of unbranched alkanes of at least 4 members (excludes halogenated alkanes) is 1. The van der Waals surface area contributed by atoms with Gasteiger partial charge < -0.3 is 4.74 Å². The lowest BCUT2D eigenvalue weighted by Crippen LogP contribution is -2.28. The second-order valence-corrected chi connectivity index (χ2v) is 13.2. The molecule has 0 amide bonds. The van der Waals surface area contributed by atoms with Gasteiger partial charge in [0.2, 0.25) is 0 Å². The molecule has 1 aliphatic heterocycles. The van der Waals surface area contributed by atoms with Crippen LogP contribution in [0.15, 0.2) is 24.3 Å². The highest BCUT2D eigenvalue weighted by molar-refractivity contribution is 6.58. The average molecular weight is 419 g/mol. The van der Waals surface area contributed by atoms with Crippen molar-refractivity contribution in [3.05, 3.63) is 29.8 Å². The van der Waals surface area contributed by atoms with Crippen LogP contribution in [0, 0.1) is 17.8 Å². The molecule has 3 rings (SSSR count). The number of rotatable bonds is 11. The van der Waals surface area contributed by atoms with Crippen LogP contribution in [-0.4, -0.2) is 22.1 Å². The molecule has 164 valence electrons. The van der Waals surface area contributed by atoms with Crippen LogP contribution in [0.4, 0.5) is 4.39 Å². The standard InChI is InChI=1S/C26H43FOSi/c1-2-19-29-20-15-25(16-21-29)24-11-7-22(8-12-24)5-3-4-6-23-9-13-26(14-10-23)28-18-17-27/h9-10,13-14,22,24-25,29H,2-8,11-12,15-21H2,1H3/t22-,24-,25-,29-. The van der Waals surface area contributed by atoms with Gasteiger partial charge in [0.1, 0.15) is 19.0 Å². The molecule has 0 bridgehead atoms. The van der Waals surface area contributed by atoms with Crippen molar-refractivity contribution >= 4 is 8.80 Å². The van der Waals surface area contributed by atoms with Crippen LogP contribution in [0.1, 0.15) is 76.7 Å². The van der Waals surface area contributed by atoms with Gasteiger partial charge in [-0.15, -0.1) is 0 Å². The van der Waals surface area contributed by atoms with Gasteiger partial charge >= 0.3 is 0 Å². The second-order valence-electron chi connectivity index (χ2n) is 9.78. The SMILES string of the molecule is CCC[Si@H]1CC[C@H]([C@H]2CC[C@H](CCCCc3ccc(OCCF)cc3)CC2)CC1. The fourth-order valence-electron chi connectivity index (χ4n) is 5.98. The van der Waals surface area contributed by atoms with Gasteiger partial charge in [-0.3, -0.25) is 0 Å². The number of alkyl halides is 1. The van der Waals surface area contributed by atoms with E-state index in [2.05, 4.69) is 19.1 Å². The van der Waals surface area contributed by atoms with Crippen molar-refractivity contribution in [1.29, 1.82) is 0 Å². The summed E-state index contributed by atoms with van der Waals surface area (Å²) in [4.78, 5) is 0. The van der Waals surface area contributed by atoms with Crippen LogP contribution < -0.4 is 4.74 Å². The highest BCUT2D eigenvalue weighted by Crippen LogP contribution is 2.42. The van der Waals surface area contributed by atoms with Crippen molar-refractivity contribution in [2.75, 3.05) is 13.3 Å². The van der Waals surface area contributed by atoms with Crippen molar-refractivity contribution < 1.29 is 9.13 Å². The van der Waals surface area contributed by atoms with Crippen LogP contribution in [-0.2, 0) is 6.42 Å². The number of ether oxygens (including phenoxy) is 1. The number of benzene rings is 1. The first-order valence-electron chi connectivity index (χ1n) is 12.6. The van der Waals surface area contributed by atoms with E-state index in [0.29, 0.717) is 0 Å². The molecule has 29 heavy (non-hydrogen) atoms. The molecule has 1 heterocycles. The first kappa shape index (κ1) is 22.8. The molecular weight excluding hydrogens is 375 g/mol. The van der Waals surface area contributed by atoms with Gasteiger partial charge in [0.25, 0.3) is 0 Å². The first-order valence-corrected chi connectivity index (χ1v) is 15.0. The van der Waals surface area contributed by atoms with Crippen molar-refractivity contribution in [3.8, 4) is 5.75 Å². The summed E-state index contributed by atoms with van der Waals surface area (Å²) >= 11 is 0. The zero-order valence-electron chi connectivity index (χ0n) is 18.7. The molecule has 2 fully saturated rings. The van der Waals surface area contributed by atoms with E-state index < -0.39 is 6.67 Å². The molecule has 1 aromatic rings. The summed E-state index contributed by atoms with van der Waals surface area (Å²) in [5.74, 6) is 3.94. The maximum absolute atomic E-state index is 12.1. The minimum absolute atomic E-state index is 0.156. The second kappa shape index (κ2) is 12.8. The summed E-state index contributed by atoms with van der Waals surface area (Å²) in [6.45, 7) is 2.11. The van der Waals surface area contributed by atoms with Gasteiger partial charge in [0.05, 0.1) is 0 Å². The van der Waals surface area contributed by atoms with E-state index in [0.717, 1.165) is 29.9 Å². The average Bonchev–Trinajstić information content (AvgIpc) is 2.77. The van der Waals surface area contributed by atoms with Crippen LogP contribution in [0.5, 0.6) is 5.75 Å². The Balaban J connectivity index is 1.26. The van der Waals surface area contributed by atoms with Gasteiger partial charge in [-0.2, -0.15) is 0 Å². The lowest BCUT2D eigenvalue weighted by molar-refractivity contribution is 0.184. The zero-order valence-corrected chi connectivity index (χ0v) is 19.9. The van der Waals surface area contributed by atoms with Gasteiger partial charge in [-0.1, -0.05) is 82.1 Å². The quantitative estimate of drug-likeness (QED) is 0.265. The number of aryl methyl sites for hydroxylation is 1. The largest absolute Gasteiger partial charge is 0.491 e. The molecule has 1 aliphatic carbocycles. The van der Waals surface area contributed by atoms with Crippen molar-refractivity contribution in [2.24, 2.45) is 17.8 Å². The first-order chi connectivity index (χ1) is 14.3. The smallest absolute Gasteiger partial charge is 0.123 e. The van der Waals surface area contributed by atoms with E-state index in [1.165, 1.54) is 56.9 Å². The van der Waals surface area contributed by atoms with Crippen LogP contribution >= 0.6 is 0 Å². The third kappa shape index (κ3) is 7.73. The normalized spacial score (nSPS) is 27.7. The van der Waals surface area contributed by atoms with Crippen molar-refractivity contribution in [1.82, 2.24) is 0 Å². The molecule has 0 aromatic heterocycles. The predicted molar refractivity (Wildman–Crippen MR) is 126 cm³/mol. The minimum Gasteiger partial charge on any atom is -0.491 e. The van der Waals surface area contributed by atoms with Crippen molar-refractivity contribution in [2.45, 2.75) is 95.7 Å². The molecule has 0 radical (unpaired) electrons. The molecule has 1 saturated carbocycles. The zero-order chi connectivity index (χ0) is 20.3. The lowest BCUT2D eigenvalue weighted by atomic mass is 9.73. The molecule has 0 unspecified atom stereocenters. The Morgan fingerprint density at radius 3 is 2.28 bits per heavy atom. The minimum atomic E-state index is -0.425. The molecular formula is C26H43FOSi. The molecule has 2 aliphatic rings. The van der Waals surface area contributed by atoms with Crippen molar-refractivity contribution in [3.63, 3.8) is 0 Å². The number of halogens is 1.